The lowest BCUT2D eigenvalue weighted by Gasteiger charge is -2.40. The van der Waals surface area contributed by atoms with Crippen molar-refractivity contribution in [2.45, 2.75) is 25.2 Å². The Morgan fingerprint density at radius 3 is 2.00 bits per heavy atom. The minimum Gasteiger partial charge on any atom is -0.481 e. The summed E-state index contributed by atoms with van der Waals surface area (Å²) in [6.45, 7) is -2.08. The van der Waals surface area contributed by atoms with Crippen molar-refractivity contribution >= 4 is 11.9 Å². The van der Waals surface area contributed by atoms with Crippen molar-refractivity contribution in [2.24, 2.45) is 5.41 Å². The highest BCUT2D eigenvalue weighted by atomic mass is 19.4. The number of amides is 1. The standard InChI is InChI=1S/C9H9F6NO3/c10-8(11,12)5(17)16-3-1-2-7(4-16,6(18)19)9(13,14)15/h1-4H2,(H,18,19). The first-order chi connectivity index (χ1) is 8.42. The summed E-state index contributed by atoms with van der Waals surface area (Å²) in [4.78, 5) is 21.6. The van der Waals surface area contributed by atoms with E-state index in [2.05, 4.69) is 0 Å². The maximum atomic E-state index is 12.8. The first-order valence-electron chi connectivity index (χ1n) is 5.08. The molecule has 10 heteroatoms. The second kappa shape index (κ2) is 4.57. The summed E-state index contributed by atoms with van der Waals surface area (Å²) in [5.74, 6) is -4.73. The number of likely N-dealkylation sites (tertiary alicyclic amines) is 1. The molecule has 1 saturated heterocycles. The first kappa shape index (κ1) is 15.6. The highest BCUT2D eigenvalue weighted by Crippen LogP contribution is 2.45. The smallest absolute Gasteiger partial charge is 0.471 e. The van der Waals surface area contributed by atoms with Crippen molar-refractivity contribution in [1.82, 2.24) is 4.90 Å². The summed E-state index contributed by atoms with van der Waals surface area (Å²) in [7, 11) is 0. The molecule has 1 aliphatic rings. The van der Waals surface area contributed by atoms with Gasteiger partial charge >= 0.3 is 24.2 Å². The Bertz CT molecular complexity index is 390. The highest BCUT2D eigenvalue weighted by molar-refractivity contribution is 5.83. The van der Waals surface area contributed by atoms with E-state index in [1.165, 1.54) is 0 Å². The number of carbonyl (C=O) groups excluding carboxylic acids is 1. The minimum absolute atomic E-state index is 0.106. The van der Waals surface area contributed by atoms with Crippen LogP contribution in [0.5, 0.6) is 0 Å². The maximum absolute atomic E-state index is 12.8. The molecule has 0 radical (unpaired) electrons. The number of carboxylic acids is 1. The van der Waals surface area contributed by atoms with Gasteiger partial charge in [-0.15, -0.1) is 0 Å². The number of aliphatic carboxylic acids is 1. The summed E-state index contributed by atoms with van der Waals surface area (Å²) in [6.07, 6.45) is -11.9. The van der Waals surface area contributed by atoms with Gasteiger partial charge in [0.1, 0.15) is 0 Å². The number of rotatable bonds is 1. The third-order valence-electron chi connectivity index (χ3n) is 2.97. The van der Waals surface area contributed by atoms with Gasteiger partial charge in [0, 0.05) is 13.1 Å². The Labute approximate surface area is 103 Å². The van der Waals surface area contributed by atoms with Gasteiger partial charge in [0.25, 0.3) is 0 Å². The summed E-state index contributed by atoms with van der Waals surface area (Å²) in [5, 5.41) is 8.69. The van der Waals surface area contributed by atoms with Crippen LogP contribution >= 0.6 is 0 Å². The van der Waals surface area contributed by atoms with Crippen LogP contribution in [-0.4, -0.2) is 47.3 Å². The van der Waals surface area contributed by atoms with Crippen LogP contribution in [0.25, 0.3) is 0 Å². The zero-order valence-corrected chi connectivity index (χ0v) is 9.31. The molecule has 0 saturated carbocycles. The summed E-state index contributed by atoms with van der Waals surface area (Å²) >= 11 is 0. The normalized spacial score (nSPS) is 25.3. The van der Waals surface area contributed by atoms with Crippen molar-refractivity contribution in [3.8, 4) is 0 Å². The van der Waals surface area contributed by atoms with Crippen LogP contribution in [0.3, 0.4) is 0 Å². The topological polar surface area (TPSA) is 57.6 Å². The van der Waals surface area contributed by atoms with Crippen LogP contribution in [0.15, 0.2) is 0 Å². The van der Waals surface area contributed by atoms with Gasteiger partial charge in [0.2, 0.25) is 0 Å². The number of alkyl halides is 6. The average Bonchev–Trinajstić information content (AvgIpc) is 2.25. The van der Waals surface area contributed by atoms with E-state index in [9.17, 15) is 35.9 Å². The van der Waals surface area contributed by atoms with Gasteiger partial charge < -0.3 is 10.0 Å². The molecule has 0 aliphatic carbocycles. The fourth-order valence-corrected chi connectivity index (χ4v) is 1.94. The molecule has 0 aromatic rings. The molecule has 1 heterocycles. The lowest BCUT2D eigenvalue weighted by atomic mass is 9.79. The molecule has 0 bridgehead atoms. The van der Waals surface area contributed by atoms with Crippen LogP contribution in [0.4, 0.5) is 26.3 Å². The maximum Gasteiger partial charge on any atom is 0.471 e. The zero-order valence-electron chi connectivity index (χ0n) is 9.31. The average molecular weight is 293 g/mol. The summed E-state index contributed by atoms with van der Waals surface area (Å²) in [6, 6.07) is 0. The fraction of sp³-hybridized carbons (Fsp3) is 0.778. The minimum atomic E-state index is -5.33. The second-order valence-electron chi connectivity index (χ2n) is 4.21. The molecule has 1 unspecified atom stereocenters. The largest absolute Gasteiger partial charge is 0.481 e. The Morgan fingerprint density at radius 1 is 1.11 bits per heavy atom. The molecule has 1 atom stereocenters. The van der Waals surface area contributed by atoms with Gasteiger partial charge in [-0.1, -0.05) is 0 Å². The van der Waals surface area contributed by atoms with Crippen LogP contribution in [0, 0.1) is 5.41 Å². The second-order valence-corrected chi connectivity index (χ2v) is 4.21. The number of halogens is 6. The van der Waals surface area contributed by atoms with E-state index in [1.807, 2.05) is 0 Å². The number of nitrogens with zero attached hydrogens (tertiary/aromatic N) is 1. The molecule has 4 nitrogen and oxygen atoms in total. The van der Waals surface area contributed by atoms with Crippen LogP contribution in [-0.2, 0) is 9.59 Å². The molecule has 1 N–H and O–H groups in total. The lowest BCUT2D eigenvalue weighted by molar-refractivity contribution is -0.246. The predicted octanol–water partition coefficient (Wildman–Crippen LogP) is 1.80. The molecule has 0 aromatic heterocycles. The van der Waals surface area contributed by atoms with Crippen molar-refractivity contribution in [3.63, 3.8) is 0 Å². The molecule has 1 aliphatic heterocycles. The van der Waals surface area contributed by atoms with Gasteiger partial charge in [-0.05, 0) is 12.8 Å². The molecule has 110 valence electrons. The van der Waals surface area contributed by atoms with Gasteiger partial charge in [-0.3, -0.25) is 9.59 Å². The van der Waals surface area contributed by atoms with E-state index in [4.69, 9.17) is 5.11 Å². The van der Waals surface area contributed by atoms with Crippen LogP contribution in [0.1, 0.15) is 12.8 Å². The van der Waals surface area contributed by atoms with E-state index >= 15 is 0 Å². The number of hydrogen-bond acceptors (Lipinski definition) is 2. The first-order valence-corrected chi connectivity index (χ1v) is 5.08. The molecular formula is C9H9F6NO3. The highest BCUT2D eigenvalue weighted by Gasteiger charge is 2.63. The lowest BCUT2D eigenvalue weighted by Crippen LogP contribution is -2.58. The Balaban J connectivity index is 3.07. The Hall–Kier alpha value is -1.48. The third-order valence-corrected chi connectivity index (χ3v) is 2.97. The van der Waals surface area contributed by atoms with Gasteiger partial charge in [-0.2, -0.15) is 26.3 Å². The van der Waals surface area contributed by atoms with E-state index in [0.29, 0.717) is 0 Å². The Kier molecular flexibility index (Phi) is 3.74. The SMILES string of the molecule is O=C(N1CCCC(C(=O)O)(C(F)(F)F)C1)C(F)(F)F. The quantitative estimate of drug-likeness (QED) is 0.750. The zero-order chi connectivity index (χ0) is 15.1. The third kappa shape index (κ3) is 2.76. The van der Waals surface area contributed by atoms with E-state index in [-0.39, 0.29) is 4.90 Å². The van der Waals surface area contributed by atoms with Gasteiger partial charge in [0.05, 0.1) is 0 Å². The molecular weight excluding hydrogens is 284 g/mol. The van der Waals surface area contributed by atoms with E-state index in [0.717, 1.165) is 0 Å². The monoisotopic (exact) mass is 293 g/mol. The van der Waals surface area contributed by atoms with Crippen molar-refractivity contribution in [2.75, 3.05) is 13.1 Å². The fourth-order valence-electron chi connectivity index (χ4n) is 1.94. The number of hydrogen-bond donors (Lipinski definition) is 1. The number of carboxylic acid groups (broad SMARTS) is 1. The van der Waals surface area contributed by atoms with E-state index < -0.39 is 55.6 Å². The van der Waals surface area contributed by atoms with Crippen LogP contribution in [0.2, 0.25) is 0 Å². The summed E-state index contributed by atoms with van der Waals surface area (Å²) < 4.78 is 74.8. The van der Waals surface area contributed by atoms with Crippen molar-refractivity contribution < 1.29 is 41.0 Å². The Morgan fingerprint density at radius 2 is 1.63 bits per heavy atom. The van der Waals surface area contributed by atoms with Crippen molar-refractivity contribution in [3.05, 3.63) is 0 Å². The van der Waals surface area contributed by atoms with Crippen LogP contribution < -0.4 is 0 Å². The number of piperidine rings is 1. The van der Waals surface area contributed by atoms with Crippen molar-refractivity contribution in [1.29, 1.82) is 0 Å². The molecule has 1 amide bonds. The molecule has 0 aromatic carbocycles. The molecule has 1 rings (SSSR count). The number of carbonyl (C=O) groups is 2. The van der Waals surface area contributed by atoms with Gasteiger partial charge in [0.15, 0.2) is 5.41 Å². The molecule has 1 fully saturated rings. The van der Waals surface area contributed by atoms with Gasteiger partial charge in [-0.25, -0.2) is 0 Å². The molecule has 19 heavy (non-hydrogen) atoms. The summed E-state index contributed by atoms with van der Waals surface area (Å²) in [5.41, 5.74) is -3.34. The van der Waals surface area contributed by atoms with E-state index in [1.54, 1.807) is 0 Å². The molecule has 0 spiro atoms. The predicted molar refractivity (Wildman–Crippen MR) is 48.0 cm³/mol.